The zero-order valence-electron chi connectivity index (χ0n) is 8.45. The highest BCUT2D eigenvalue weighted by Crippen LogP contribution is 2.42. The number of hydrogen-bond acceptors (Lipinski definition) is 1. The van der Waals surface area contributed by atoms with Crippen LogP contribution in [-0.4, -0.2) is 0 Å². The van der Waals surface area contributed by atoms with Crippen molar-refractivity contribution in [2.75, 3.05) is 0 Å². The van der Waals surface area contributed by atoms with E-state index in [-0.39, 0.29) is 6.10 Å². The molecule has 0 aliphatic carbocycles. The Morgan fingerprint density at radius 1 is 1.15 bits per heavy atom. The Bertz CT molecular complexity index is 304. The first kappa shape index (κ1) is 8.76. The molecule has 0 saturated heterocycles. The van der Waals surface area contributed by atoms with Gasteiger partial charge in [0.1, 0.15) is 0 Å². The van der Waals surface area contributed by atoms with Crippen LogP contribution in [0.25, 0.3) is 0 Å². The van der Waals surface area contributed by atoms with Crippen molar-refractivity contribution in [3.63, 3.8) is 0 Å². The number of fused-ring (bicyclic) bond motifs is 1. The molecule has 1 aliphatic heterocycles. The van der Waals surface area contributed by atoms with E-state index in [4.69, 9.17) is 4.74 Å². The van der Waals surface area contributed by atoms with Gasteiger partial charge in [-0.3, -0.25) is 0 Å². The lowest BCUT2D eigenvalue weighted by Gasteiger charge is -2.15. The van der Waals surface area contributed by atoms with Crippen molar-refractivity contribution in [2.24, 2.45) is 5.92 Å². The van der Waals surface area contributed by atoms with Crippen LogP contribution in [-0.2, 0) is 4.74 Å². The van der Waals surface area contributed by atoms with Gasteiger partial charge < -0.3 is 4.74 Å². The molecule has 0 spiro atoms. The van der Waals surface area contributed by atoms with Crippen molar-refractivity contribution in [1.82, 2.24) is 0 Å². The summed E-state index contributed by atoms with van der Waals surface area (Å²) in [5.41, 5.74) is 2.74. The van der Waals surface area contributed by atoms with E-state index in [2.05, 4.69) is 45.0 Å². The van der Waals surface area contributed by atoms with E-state index in [1.54, 1.807) is 0 Å². The maximum absolute atomic E-state index is 5.89. The van der Waals surface area contributed by atoms with Crippen LogP contribution in [0, 0.1) is 5.92 Å². The molecule has 0 fully saturated rings. The van der Waals surface area contributed by atoms with Crippen LogP contribution < -0.4 is 0 Å². The Kier molecular flexibility index (Phi) is 2.12. The third-order valence-electron chi connectivity index (χ3n) is 2.70. The SMILES string of the molecule is CC1OC(C(C)C)c2ccccc21. The molecule has 70 valence electrons. The Hall–Kier alpha value is -0.820. The smallest absolute Gasteiger partial charge is 0.0859 e. The molecule has 0 N–H and O–H groups in total. The molecule has 2 unspecified atom stereocenters. The number of rotatable bonds is 1. The fraction of sp³-hybridized carbons (Fsp3) is 0.500. The van der Waals surface area contributed by atoms with Gasteiger partial charge in [-0.05, 0) is 24.0 Å². The van der Waals surface area contributed by atoms with Gasteiger partial charge in [0.15, 0.2) is 0 Å². The summed E-state index contributed by atoms with van der Waals surface area (Å²) in [6, 6.07) is 8.53. The molecule has 1 aromatic rings. The number of benzene rings is 1. The number of hydrogen-bond donors (Lipinski definition) is 0. The predicted molar refractivity (Wildman–Crippen MR) is 53.5 cm³/mol. The van der Waals surface area contributed by atoms with Crippen LogP contribution in [0.15, 0.2) is 24.3 Å². The average molecular weight is 176 g/mol. The standard InChI is InChI=1S/C12H16O/c1-8(2)12-11-7-5-4-6-10(11)9(3)13-12/h4-9,12H,1-3H3. The minimum Gasteiger partial charge on any atom is -0.366 e. The van der Waals surface area contributed by atoms with Gasteiger partial charge in [0.05, 0.1) is 12.2 Å². The van der Waals surface area contributed by atoms with Gasteiger partial charge in [-0.25, -0.2) is 0 Å². The van der Waals surface area contributed by atoms with E-state index >= 15 is 0 Å². The third kappa shape index (κ3) is 1.37. The van der Waals surface area contributed by atoms with Crippen LogP contribution in [0.1, 0.15) is 44.1 Å². The topological polar surface area (TPSA) is 9.23 Å². The lowest BCUT2D eigenvalue weighted by atomic mass is 9.96. The van der Waals surface area contributed by atoms with Crippen LogP contribution in [0.3, 0.4) is 0 Å². The second-order valence-electron chi connectivity index (χ2n) is 4.07. The van der Waals surface area contributed by atoms with Gasteiger partial charge >= 0.3 is 0 Å². The highest BCUT2D eigenvalue weighted by Gasteiger charge is 2.30. The Morgan fingerprint density at radius 3 is 2.38 bits per heavy atom. The van der Waals surface area contributed by atoms with Crippen LogP contribution in [0.4, 0.5) is 0 Å². The molecule has 13 heavy (non-hydrogen) atoms. The van der Waals surface area contributed by atoms with Gasteiger partial charge in [0.25, 0.3) is 0 Å². The summed E-state index contributed by atoms with van der Waals surface area (Å²) in [5.74, 6) is 0.561. The maximum Gasteiger partial charge on any atom is 0.0859 e. The first-order chi connectivity index (χ1) is 6.20. The summed E-state index contributed by atoms with van der Waals surface area (Å²) < 4.78 is 5.89. The molecule has 0 bridgehead atoms. The Balaban J connectivity index is 2.41. The summed E-state index contributed by atoms with van der Waals surface area (Å²) in [6.07, 6.45) is 0.565. The lowest BCUT2D eigenvalue weighted by Crippen LogP contribution is -2.04. The molecule has 1 aliphatic rings. The second-order valence-corrected chi connectivity index (χ2v) is 4.07. The summed E-state index contributed by atoms with van der Waals surface area (Å²) in [6.45, 7) is 6.54. The van der Waals surface area contributed by atoms with Crippen molar-refractivity contribution in [3.8, 4) is 0 Å². The van der Waals surface area contributed by atoms with E-state index in [0.29, 0.717) is 12.0 Å². The third-order valence-corrected chi connectivity index (χ3v) is 2.70. The molecule has 1 nitrogen and oxygen atoms in total. The van der Waals surface area contributed by atoms with Crippen LogP contribution >= 0.6 is 0 Å². The van der Waals surface area contributed by atoms with Crippen molar-refractivity contribution < 1.29 is 4.74 Å². The molecule has 0 amide bonds. The Labute approximate surface area is 79.7 Å². The fourth-order valence-corrected chi connectivity index (χ4v) is 2.02. The maximum atomic E-state index is 5.89. The second kappa shape index (κ2) is 3.15. The van der Waals surface area contributed by atoms with E-state index in [9.17, 15) is 0 Å². The molecular weight excluding hydrogens is 160 g/mol. The average Bonchev–Trinajstić information content (AvgIpc) is 2.45. The molecule has 0 saturated carbocycles. The summed E-state index contributed by atoms with van der Waals surface area (Å²) >= 11 is 0. The van der Waals surface area contributed by atoms with Gasteiger partial charge in [-0.1, -0.05) is 38.1 Å². The molecular formula is C12H16O. The normalized spacial score (nSPS) is 26.5. The van der Waals surface area contributed by atoms with E-state index in [1.165, 1.54) is 11.1 Å². The monoisotopic (exact) mass is 176 g/mol. The van der Waals surface area contributed by atoms with Crippen molar-refractivity contribution >= 4 is 0 Å². The van der Waals surface area contributed by atoms with Gasteiger partial charge in [0, 0.05) is 0 Å². The minimum atomic E-state index is 0.267. The fourth-order valence-electron chi connectivity index (χ4n) is 2.02. The molecule has 0 radical (unpaired) electrons. The summed E-state index contributed by atoms with van der Waals surface area (Å²) in [7, 11) is 0. The quantitative estimate of drug-likeness (QED) is 0.636. The van der Waals surface area contributed by atoms with Crippen molar-refractivity contribution in [1.29, 1.82) is 0 Å². The van der Waals surface area contributed by atoms with Crippen LogP contribution in [0.5, 0.6) is 0 Å². The molecule has 1 aromatic carbocycles. The van der Waals surface area contributed by atoms with Crippen molar-refractivity contribution in [3.05, 3.63) is 35.4 Å². The first-order valence-corrected chi connectivity index (χ1v) is 4.94. The van der Waals surface area contributed by atoms with E-state index in [1.807, 2.05) is 0 Å². The molecule has 0 aromatic heterocycles. The summed E-state index contributed by atoms with van der Waals surface area (Å²) in [4.78, 5) is 0. The molecule has 2 atom stereocenters. The van der Waals surface area contributed by atoms with Crippen molar-refractivity contribution in [2.45, 2.75) is 33.0 Å². The predicted octanol–water partition coefficient (Wildman–Crippen LogP) is 3.47. The lowest BCUT2D eigenvalue weighted by molar-refractivity contribution is -0.00453. The Morgan fingerprint density at radius 2 is 1.77 bits per heavy atom. The summed E-state index contributed by atoms with van der Waals surface area (Å²) in [5, 5.41) is 0. The zero-order chi connectivity index (χ0) is 9.42. The highest BCUT2D eigenvalue weighted by molar-refractivity contribution is 5.34. The minimum absolute atomic E-state index is 0.267. The van der Waals surface area contributed by atoms with E-state index in [0.717, 1.165) is 0 Å². The molecule has 1 heteroatoms. The van der Waals surface area contributed by atoms with E-state index < -0.39 is 0 Å². The van der Waals surface area contributed by atoms with Crippen LogP contribution in [0.2, 0.25) is 0 Å². The number of ether oxygens (including phenoxy) is 1. The first-order valence-electron chi connectivity index (χ1n) is 4.94. The van der Waals surface area contributed by atoms with Gasteiger partial charge in [-0.15, -0.1) is 0 Å². The largest absolute Gasteiger partial charge is 0.366 e. The van der Waals surface area contributed by atoms with Gasteiger partial charge in [-0.2, -0.15) is 0 Å². The molecule has 2 rings (SSSR count). The highest BCUT2D eigenvalue weighted by atomic mass is 16.5. The molecule has 1 heterocycles. The zero-order valence-corrected chi connectivity index (χ0v) is 8.45. The van der Waals surface area contributed by atoms with Gasteiger partial charge in [0.2, 0.25) is 0 Å².